The first-order valence-corrected chi connectivity index (χ1v) is 9.53. The summed E-state index contributed by atoms with van der Waals surface area (Å²) in [6.45, 7) is 4.17. The minimum Gasteiger partial charge on any atom is -0.358 e. The van der Waals surface area contributed by atoms with Crippen molar-refractivity contribution in [2.24, 2.45) is 4.99 Å². The zero-order valence-corrected chi connectivity index (χ0v) is 16.3. The van der Waals surface area contributed by atoms with Gasteiger partial charge in [0.05, 0.1) is 30.7 Å². The van der Waals surface area contributed by atoms with Crippen LogP contribution in [-0.2, 0) is 12.7 Å². The summed E-state index contributed by atoms with van der Waals surface area (Å²) in [7, 11) is 2.01. The number of aliphatic imine (C=N–C) groups is 1. The number of amidine groups is 1. The smallest absolute Gasteiger partial charge is 0.358 e. The van der Waals surface area contributed by atoms with E-state index < -0.39 is 11.7 Å². The number of aromatic nitrogens is 2. The highest BCUT2D eigenvalue weighted by Gasteiger charge is 2.31. The standard InChI is InChI=1S/C20H23F3N6/c1-3-7-28-12-17-19(27(2)13-28)26-18(25-17)15-9-24-29(11-15)10-14-5-4-6-16(8-14)20(21,22)23/h4-6,8-9,11-12,18,25H,3,7,10,13H2,1-2H3. The Kier molecular flexibility index (Phi) is 4.97. The Morgan fingerprint density at radius 3 is 2.86 bits per heavy atom. The van der Waals surface area contributed by atoms with E-state index in [0.29, 0.717) is 5.56 Å². The molecule has 0 bridgehead atoms. The molecule has 0 spiro atoms. The van der Waals surface area contributed by atoms with E-state index in [-0.39, 0.29) is 12.7 Å². The van der Waals surface area contributed by atoms with Gasteiger partial charge in [0.15, 0.2) is 5.84 Å². The molecule has 0 saturated carbocycles. The van der Waals surface area contributed by atoms with E-state index in [9.17, 15) is 13.2 Å². The Labute approximate surface area is 167 Å². The summed E-state index contributed by atoms with van der Waals surface area (Å²) in [4.78, 5) is 9.10. The monoisotopic (exact) mass is 404 g/mol. The number of nitrogens with one attached hydrogen (secondary N) is 1. The summed E-state index contributed by atoms with van der Waals surface area (Å²) in [6.07, 6.45) is 2.08. The molecule has 9 heteroatoms. The van der Waals surface area contributed by atoms with Gasteiger partial charge < -0.3 is 15.1 Å². The molecular formula is C20H23F3N6. The van der Waals surface area contributed by atoms with Crippen molar-refractivity contribution in [1.29, 1.82) is 0 Å². The van der Waals surface area contributed by atoms with Gasteiger partial charge in [0.2, 0.25) is 0 Å². The first-order chi connectivity index (χ1) is 13.8. The van der Waals surface area contributed by atoms with Crippen LogP contribution < -0.4 is 5.32 Å². The largest absolute Gasteiger partial charge is 0.416 e. The third-order valence-electron chi connectivity index (χ3n) is 4.93. The molecule has 1 aromatic carbocycles. The number of alkyl halides is 3. The molecule has 4 rings (SSSR count). The van der Waals surface area contributed by atoms with Gasteiger partial charge in [-0.25, -0.2) is 4.99 Å². The number of hydrogen-bond donors (Lipinski definition) is 1. The van der Waals surface area contributed by atoms with Crippen LogP contribution in [0.25, 0.3) is 0 Å². The van der Waals surface area contributed by atoms with Crippen molar-refractivity contribution in [2.45, 2.75) is 32.2 Å². The summed E-state index contributed by atoms with van der Waals surface area (Å²) in [5, 5.41) is 7.72. The Morgan fingerprint density at radius 1 is 1.28 bits per heavy atom. The van der Waals surface area contributed by atoms with Crippen molar-refractivity contribution in [3.63, 3.8) is 0 Å². The van der Waals surface area contributed by atoms with Crippen LogP contribution >= 0.6 is 0 Å². The Balaban J connectivity index is 1.49. The zero-order valence-electron chi connectivity index (χ0n) is 16.3. The second kappa shape index (κ2) is 7.46. The third kappa shape index (κ3) is 4.08. The second-order valence-electron chi connectivity index (χ2n) is 7.36. The van der Waals surface area contributed by atoms with Gasteiger partial charge in [0.1, 0.15) is 6.17 Å². The van der Waals surface area contributed by atoms with E-state index in [2.05, 4.69) is 33.3 Å². The molecule has 1 atom stereocenters. The topological polar surface area (TPSA) is 48.7 Å². The SMILES string of the molecule is CCCN1C=C2NC(c3cnn(Cc4cccc(C(F)(F)F)c4)c3)N=C2N(C)C1. The van der Waals surface area contributed by atoms with Crippen LogP contribution in [0.1, 0.15) is 36.2 Å². The van der Waals surface area contributed by atoms with Crippen LogP contribution in [0.2, 0.25) is 0 Å². The lowest BCUT2D eigenvalue weighted by Gasteiger charge is -2.33. The number of hydrogen-bond acceptors (Lipinski definition) is 5. The molecule has 0 fully saturated rings. The number of halogens is 3. The molecule has 0 radical (unpaired) electrons. The lowest BCUT2D eigenvalue weighted by atomic mass is 10.1. The molecule has 0 aliphatic carbocycles. The highest BCUT2D eigenvalue weighted by molar-refractivity contribution is 5.99. The summed E-state index contributed by atoms with van der Waals surface area (Å²) in [6, 6.07) is 5.32. The van der Waals surface area contributed by atoms with Crippen molar-refractivity contribution >= 4 is 5.84 Å². The highest BCUT2D eigenvalue weighted by Crippen LogP contribution is 2.30. The molecule has 2 aliphatic rings. The fraction of sp³-hybridized carbons (Fsp3) is 0.400. The molecular weight excluding hydrogens is 381 g/mol. The summed E-state index contributed by atoms with van der Waals surface area (Å²) < 4.78 is 40.4. The van der Waals surface area contributed by atoms with E-state index in [1.165, 1.54) is 6.07 Å². The van der Waals surface area contributed by atoms with E-state index in [1.807, 2.05) is 13.2 Å². The molecule has 0 saturated heterocycles. The second-order valence-corrected chi connectivity index (χ2v) is 7.36. The molecule has 1 N–H and O–H groups in total. The quantitative estimate of drug-likeness (QED) is 0.830. The molecule has 0 amide bonds. The lowest BCUT2D eigenvalue weighted by molar-refractivity contribution is -0.137. The number of nitrogens with zero attached hydrogens (tertiary/aromatic N) is 5. The van der Waals surface area contributed by atoms with Crippen LogP contribution in [0.5, 0.6) is 0 Å². The fourth-order valence-electron chi connectivity index (χ4n) is 3.62. The number of likely N-dealkylation sites (N-methyl/N-ethyl adjacent to an activating group) is 1. The molecule has 1 aromatic heterocycles. The first-order valence-electron chi connectivity index (χ1n) is 9.53. The van der Waals surface area contributed by atoms with Crippen molar-refractivity contribution < 1.29 is 13.2 Å². The lowest BCUT2D eigenvalue weighted by Crippen LogP contribution is -2.43. The van der Waals surface area contributed by atoms with Gasteiger partial charge in [-0.3, -0.25) is 4.68 Å². The van der Waals surface area contributed by atoms with E-state index in [4.69, 9.17) is 4.99 Å². The summed E-state index contributed by atoms with van der Waals surface area (Å²) in [5.41, 5.74) is 1.74. The molecule has 3 heterocycles. The van der Waals surface area contributed by atoms with Crippen LogP contribution in [0.15, 0.2) is 53.5 Å². The Hall–Kier alpha value is -2.97. The van der Waals surface area contributed by atoms with E-state index in [0.717, 1.165) is 48.9 Å². The van der Waals surface area contributed by atoms with E-state index in [1.54, 1.807) is 16.9 Å². The van der Waals surface area contributed by atoms with Gasteiger partial charge in [0, 0.05) is 31.6 Å². The van der Waals surface area contributed by atoms with Crippen LogP contribution in [-0.4, -0.2) is 45.7 Å². The average Bonchev–Trinajstić information content (AvgIpc) is 3.28. The number of fused-ring (bicyclic) bond motifs is 1. The maximum atomic E-state index is 12.9. The van der Waals surface area contributed by atoms with Crippen molar-refractivity contribution in [3.05, 3.63) is 65.2 Å². The first kappa shape index (κ1) is 19.4. The van der Waals surface area contributed by atoms with Crippen molar-refractivity contribution in [3.8, 4) is 0 Å². The Morgan fingerprint density at radius 2 is 2.10 bits per heavy atom. The van der Waals surface area contributed by atoms with Crippen molar-refractivity contribution in [1.82, 2.24) is 24.9 Å². The van der Waals surface area contributed by atoms with E-state index >= 15 is 0 Å². The van der Waals surface area contributed by atoms with Gasteiger partial charge in [-0.15, -0.1) is 0 Å². The van der Waals surface area contributed by atoms with Gasteiger partial charge in [0.25, 0.3) is 0 Å². The summed E-state index contributed by atoms with van der Waals surface area (Å²) >= 11 is 0. The molecule has 2 aliphatic heterocycles. The molecule has 154 valence electrons. The van der Waals surface area contributed by atoms with Crippen LogP contribution in [0.3, 0.4) is 0 Å². The Bertz CT molecular complexity index is 946. The zero-order chi connectivity index (χ0) is 20.6. The number of benzene rings is 1. The van der Waals surface area contributed by atoms with Gasteiger partial charge >= 0.3 is 6.18 Å². The average molecular weight is 404 g/mol. The highest BCUT2D eigenvalue weighted by atomic mass is 19.4. The minimum atomic E-state index is -4.35. The summed E-state index contributed by atoms with van der Waals surface area (Å²) in [5.74, 6) is 0.910. The third-order valence-corrected chi connectivity index (χ3v) is 4.93. The van der Waals surface area contributed by atoms with Gasteiger partial charge in [-0.05, 0) is 24.1 Å². The maximum Gasteiger partial charge on any atom is 0.416 e. The van der Waals surface area contributed by atoms with Gasteiger partial charge in [-0.1, -0.05) is 19.1 Å². The predicted molar refractivity (Wildman–Crippen MR) is 104 cm³/mol. The van der Waals surface area contributed by atoms with Crippen molar-refractivity contribution in [2.75, 3.05) is 20.3 Å². The molecule has 29 heavy (non-hydrogen) atoms. The van der Waals surface area contributed by atoms with Gasteiger partial charge in [-0.2, -0.15) is 18.3 Å². The fourth-order valence-corrected chi connectivity index (χ4v) is 3.62. The molecule has 6 nitrogen and oxygen atoms in total. The molecule has 2 aromatic rings. The maximum absolute atomic E-state index is 12.9. The van der Waals surface area contributed by atoms with Crippen LogP contribution in [0.4, 0.5) is 13.2 Å². The number of rotatable bonds is 5. The minimum absolute atomic E-state index is 0.254. The predicted octanol–water partition coefficient (Wildman–Crippen LogP) is 3.41. The molecule has 1 unspecified atom stereocenters. The normalized spacial score (nSPS) is 19.0. The van der Waals surface area contributed by atoms with Crippen LogP contribution in [0, 0.1) is 0 Å².